The zero-order chi connectivity index (χ0) is 27.8. The molecule has 0 saturated carbocycles. The molecule has 1 saturated heterocycles. The number of aromatic nitrogens is 5. The van der Waals surface area contributed by atoms with Gasteiger partial charge in [0.25, 0.3) is 5.91 Å². The van der Waals surface area contributed by atoms with Crippen LogP contribution in [0.25, 0.3) is 11.3 Å². The second kappa shape index (κ2) is 11.6. The van der Waals surface area contributed by atoms with Gasteiger partial charge < -0.3 is 10.8 Å². The molecule has 0 radical (unpaired) electrons. The second-order valence-electron chi connectivity index (χ2n) is 9.66. The third-order valence-corrected chi connectivity index (χ3v) is 8.39. The number of benzene rings is 2. The molecule has 1 aliphatic heterocycles. The molecule has 1 aliphatic rings. The molecule has 41 heavy (non-hydrogen) atoms. The van der Waals surface area contributed by atoms with Gasteiger partial charge >= 0.3 is 0 Å². The molecule has 3 N–H and O–H groups in total. The van der Waals surface area contributed by atoms with Crippen LogP contribution in [0.4, 0.5) is 14.6 Å². The summed E-state index contributed by atoms with van der Waals surface area (Å²) in [6.07, 6.45) is 6.08. The van der Waals surface area contributed by atoms with Crippen molar-refractivity contribution in [3.8, 4) is 5.69 Å². The summed E-state index contributed by atoms with van der Waals surface area (Å²) in [5.74, 6) is -1.33. The van der Waals surface area contributed by atoms with Crippen LogP contribution >= 0.6 is 0 Å². The minimum atomic E-state index is -1.67. The first kappa shape index (κ1) is 28.2. The van der Waals surface area contributed by atoms with Crippen molar-refractivity contribution in [1.82, 2.24) is 28.7 Å². The first-order valence-corrected chi connectivity index (χ1v) is 13.9. The summed E-state index contributed by atoms with van der Waals surface area (Å²) in [4.78, 5) is 17.6. The summed E-state index contributed by atoms with van der Waals surface area (Å²) in [7, 11) is -1.67. The molecular formula is C28H27F2N7O3S. The Balaban J connectivity index is 0.00000337. The molecule has 4 heterocycles. The van der Waals surface area contributed by atoms with E-state index < -0.39 is 22.6 Å². The van der Waals surface area contributed by atoms with E-state index in [1.165, 1.54) is 10.7 Å². The summed E-state index contributed by atoms with van der Waals surface area (Å²) >= 11 is 0. The fourth-order valence-electron chi connectivity index (χ4n) is 4.84. The van der Waals surface area contributed by atoms with Crippen molar-refractivity contribution < 1.29 is 23.3 Å². The van der Waals surface area contributed by atoms with E-state index in [4.69, 9.17) is 5.10 Å². The summed E-state index contributed by atoms with van der Waals surface area (Å²) in [5, 5.41) is 12.0. The Morgan fingerprint density at radius 3 is 2.46 bits per heavy atom. The van der Waals surface area contributed by atoms with Crippen LogP contribution in [0.5, 0.6) is 0 Å². The highest BCUT2D eigenvalue weighted by atomic mass is 32.2. The number of rotatable bonds is 6. The highest BCUT2D eigenvalue weighted by Crippen LogP contribution is 2.32. The molecule has 1 amide bonds. The largest absolute Gasteiger partial charge is 0.412 e. The van der Waals surface area contributed by atoms with E-state index in [9.17, 15) is 17.8 Å². The van der Waals surface area contributed by atoms with Gasteiger partial charge in [-0.2, -0.15) is 10.2 Å². The van der Waals surface area contributed by atoms with E-state index >= 15 is 0 Å². The molecule has 5 aromatic rings. The van der Waals surface area contributed by atoms with Crippen molar-refractivity contribution in [1.29, 1.82) is 0 Å². The highest BCUT2D eigenvalue weighted by molar-refractivity contribution is 7.82. The van der Waals surface area contributed by atoms with Crippen molar-refractivity contribution >= 4 is 28.4 Å². The van der Waals surface area contributed by atoms with Gasteiger partial charge in [-0.1, -0.05) is 17.7 Å². The lowest BCUT2D eigenvalue weighted by atomic mass is 9.95. The molecule has 0 spiro atoms. The lowest BCUT2D eigenvalue weighted by Crippen LogP contribution is -2.34. The number of hydrogen-bond donors (Lipinski definition) is 1. The molecule has 1 atom stereocenters. The normalized spacial score (nSPS) is 15.0. The Morgan fingerprint density at radius 1 is 1.05 bits per heavy atom. The van der Waals surface area contributed by atoms with Crippen molar-refractivity contribution in [3.05, 3.63) is 102 Å². The maximum Gasteiger partial charge on any atom is 0.262 e. The lowest BCUT2D eigenvalue weighted by Gasteiger charge is -2.30. The van der Waals surface area contributed by atoms with Crippen LogP contribution in [0.15, 0.2) is 78.1 Å². The monoisotopic (exact) mass is 579 g/mol. The van der Waals surface area contributed by atoms with Gasteiger partial charge in [0.2, 0.25) is 0 Å². The minimum Gasteiger partial charge on any atom is -0.412 e. The van der Waals surface area contributed by atoms with Crippen molar-refractivity contribution in [2.45, 2.75) is 30.6 Å². The number of nitrogens with one attached hydrogen (secondary N) is 1. The summed E-state index contributed by atoms with van der Waals surface area (Å²) in [5.41, 5.74) is 3.45. The number of halogens is 2. The molecule has 1 unspecified atom stereocenters. The molecule has 13 heteroatoms. The van der Waals surface area contributed by atoms with E-state index in [1.807, 2.05) is 37.3 Å². The fraction of sp³-hybridized carbons (Fsp3) is 0.214. The average molecular weight is 580 g/mol. The third kappa shape index (κ3) is 5.78. The Morgan fingerprint density at radius 2 is 1.76 bits per heavy atom. The molecule has 2 aromatic carbocycles. The van der Waals surface area contributed by atoms with E-state index in [1.54, 1.807) is 27.4 Å². The van der Waals surface area contributed by atoms with Crippen LogP contribution in [-0.4, -0.2) is 57.4 Å². The zero-order valence-electron chi connectivity index (χ0n) is 22.0. The fourth-order valence-corrected chi connectivity index (χ4v) is 6.10. The predicted octanol–water partition coefficient (Wildman–Crippen LogP) is 3.83. The Labute approximate surface area is 236 Å². The molecule has 10 nitrogen and oxygen atoms in total. The van der Waals surface area contributed by atoms with Crippen LogP contribution < -0.4 is 5.32 Å². The maximum absolute atomic E-state index is 13.7. The van der Waals surface area contributed by atoms with Crippen LogP contribution in [0.3, 0.4) is 0 Å². The quantitative estimate of drug-likeness (QED) is 0.327. The minimum absolute atomic E-state index is 0. The van der Waals surface area contributed by atoms with Crippen LogP contribution in [-0.2, 0) is 11.0 Å². The number of anilines is 1. The number of fused-ring (bicyclic) bond motifs is 1. The van der Waals surface area contributed by atoms with E-state index in [-0.39, 0.29) is 22.2 Å². The SMILES string of the molecule is Cc1ccc(-n2nc(C3CCN(S(=O)c4cc(F)cc(F)c4)CC3)cc2NC(=O)c2cnn3cccnc23)cc1.O. The number of carbonyl (C=O) groups is 1. The first-order chi connectivity index (χ1) is 19.4. The molecular weight excluding hydrogens is 552 g/mol. The van der Waals surface area contributed by atoms with Crippen molar-refractivity contribution in [2.75, 3.05) is 18.4 Å². The summed E-state index contributed by atoms with van der Waals surface area (Å²) in [6, 6.07) is 14.4. The van der Waals surface area contributed by atoms with Gasteiger partial charge in [0.05, 0.1) is 22.5 Å². The molecule has 212 valence electrons. The van der Waals surface area contributed by atoms with Crippen LogP contribution in [0.1, 0.15) is 40.4 Å². The van der Waals surface area contributed by atoms with Crippen LogP contribution in [0, 0.1) is 18.6 Å². The molecule has 6 rings (SSSR count). The topological polar surface area (TPSA) is 129 Å². The van der Waals surface area contributed by atoms with Gasteiger partial charge in [0.1, 0.15) is 34.0 Å². The molecule has 0 aliphatic carbocycles. The molecule has 1 fully saturated rings. The summed E-state index contributed by atoms with van der Waals surface area (Å²) < 4.78 is 45.2. The van der Waals surface area contributed by atoms with Gasteiger partial charge in [-0.15, -0.1) is 0 Å². The van der Waals surface area contributed by atoms with Gasteiger partial charge in [0, 0.05) is 43.5 Å². The van der Waals surface area contributed by atoms with E-state index in [0.29, 0.717) is 43.0 Å². The smallest absolute Gasteiger partial charge is 0.262 e. The van der Waals surface area contributed by atoms with Gasteiger partial charge in [-0.3, -0.25) is 4.79 Å². The highest BCUT2D eigenvalue weighted by Gasteiger charge is 2.28. The first-order valence-electron chi connectivity index (χ1n) is 12.8. The van der Waals surface area contributed by atoms with Crippen molar-refractivity contribution in [3.63, 3.8) is 0 Å². The number of hydrogen-bond acceptors (Lipinski definition) is 5. The third-order valence-electron chi connectivity index (χ3n) is 6.92. The number of carbonyl (C=O) groups excluding carboxylic acids is 1. The van der Waals surface area contributed by atoms with Gasteiger partial charge in [0.15, 0.2) is 5.65 Å². The van der Waals surface area contributed by atoms with E-state index in [0.717, 1.165) is 35.1 Å². The average Bonchev–Trinajstić information content (AvgIpc) is 3.57. The molecule has 0 bridgehead atoms. The predicted molar refractivity (Wildman–Crippen MR) is 149 cm³/mol. The standard InChI is InChI=1S/C28H25F2N7O2S.H2O/c1-18-3-5-22(6-4-18)37-26(33-28(38)24-17-32-36-10-2-9-31-27(24)36)16-25(34-37)19-7-11-35(12-8-19)40(39)23-14-20(29)13-21(30)15-23;/h2-6,9-10,13-17,19H,7-8,11-12H2,1H3,(H,33,38);1H2. The number of piperidine rings is 1. The van der Waals surface area contributed by atoms with Crippen molar-refractivity contribution in [2.24, 2.45) is 0 Å². The van der Waals surface area contributed by atoms with Gasteiger partial charge in [-0.05, 0) is 50.1 Å². The number of amides is 1. The Kier molecular flexibility index (Phi) is 8.01. The van der Waals surface area contributed by atoms with Crippen LogP contribution in [0.2, 0.25) is 0 Å². The zero-order valence-corrected chi connectivity index (χ0v) is 22.8. The number of nitrogens with zero attached hydrogens (tertiary/aromatic N) is 6. The Hall–Kier alpha value is -4.33. The van der Waals surface area contributed by atoms with Gasteiger partial charge in [-0.25, -0.2) is 31.5 Å². The Bertz CT molecular complexity index is 1710. The van der Waals surface area contributed by atoms with E-state index in [2.05, 4.69) is 15.4 Å². The maximum atomic E-state index is 13.7. The molecule has 3 aromatic heterocycles. The number of aryl methyl sites for hydroxylation is 1. The lowest BCUT2D eigenvalue weighted by molar-refractivity contribution is 0.102. The second-order valence-corrected chi connectivity index (χ2v) is 11.1. The summed E-state index contributed by atoms with van der Waals surface area (Å²) in [6.45, 7) is 2.92.